The van der Waals surface area contributed by atoms with E-state index in [4.69, 9.17) is 0 Å². The topological polar surface area (TPSA) is 0 Å². The Kier molecular flexibility index (Phi) is 8.26. The van der Waals surface area contributed by atoms with Gasteiger partial charge in [0.1, 0.15) is 0 Å². The van der Waals surface area contributed by atoms with Crippen LogP contribution in [0.4, 0.5) is 0 Å². The first-order chi connectivity index (χ1) is 21.6. The molecule has 6 aromatic carbocycles. The Labute approximate surface area is 289 Å². The summed E-state index contributed by atoms with van der Waals surface area (Å²) < 4.78 is 4.25. The molecule has 1 aliphatic heterocycles. The Hall–Kier alpha value is -3.22. The maximum atomic E-state index is 2.58. The van der Waals surface area contributed by atoms with E-state index >= 15 is 0 Å². The van der Waals surface area contributed by atoms with E-state index < -0.39 is 20.3 Å². The fourth-order valence-corrected chi connectivity index (χ4v) is 25.0. The minimum absolute atomic E-state index is 0. The van der Waals surface area contributed by atoms with E-state index in [-0.39, 0.29) is 24.8 Å². The van der Waals surface area contributed by atoms with Crippen LogP contribution in [0.3, 0.4) is 0 Å². The second-order valence-electron chi connectivity index (χ2n) is 13.4. The molecule has 9 rings (SSSR count). The first-order valence-corrected chi connectivity index (χ1v) is 22.5. The Morgan fingerprint density at radius 3 is 1.28 bits per heavy atom. The number of halogens is 2. The van der Waals surface area contributed by atoms with E-state index in [0.29, 0.717) is 7.25 Å². The summed E-state index contributed by atoms with van der Waals surface area (Å²) in [7, 11) is 0. The summed E-state index contributed by atoms with van der Waals surface area (Å²) in [5.41, 5.74) is 15.0. The molecule has 1 fully saturated rings. The number of hydrogen-bond acceptors (Lipinski definition) is 0. The van der Waals surface area contributed by atoms with E-state index in [0.717, 1.165) is 0 Å². The number of benzene rings is 6. The monoisotopic (exact) mass is 712 g/mol. The van der Waals surface area contributed by atoms with E-state index in [1.54, 1.807) is 22.3 Å². The molecule has 0 bridgehead atoms. The van der Waals surface area contributed by atoms with Crippen LogP contribution in [0.1, 0.15) is 49.8 Å². The molecule has 1 saturated heterocycles. The van der Waals surface area contributed by atoms with Crippen molar-refractivity contribution in [1.29, 1.82) is 0 Å². The molecule has 0 saturated carbocycles. The summed E-state index contributed by atoms with van der Waals surface area (Å²) in [5.74, 6) is 0. The Morgan fingerprint density at radius 1 is 0.457 bits per heavy atom. The van der Waals surface area contributed by atoms with Crippen molar-refractivity contribution in [2.24, 2.45) is 0 Å². The minimum atomic E-state index is -2.82. The van der Waals surface area contributed by atoms with Gasteiger partial charge in [0.2, 0.25) is 0 Å². The molecule has 0 N–H and O–H groups in total. The van der Waals surface area contributed by atoms with Crippen LogP contribution in [0.15, 0.2) is 132 Å². The molecule has 3 aliphatic rings. The summed E-state index contributed by atoms with van der Waals surface area (Å²) in [6.45, 7) is 4.91. The van der Waals surface area contributed by atoms with Crippen molar-refractivity contribution in [3.05, 3.63) is 155 Å². The predicted molar refractivity (Wildman–Crippen MR) is 186 cm³/mol. The van der Waals surface area contributed by atoms with Gasteiger partial charge in [0, 0.05) is 0 Å². The first-order valence-electron chi connectivity index (χ1n) is 16.2. The summed E-state index contributed by atoms with van der Waals surface area (Å²) in [6.07, 6.45) is 6.56. The molecule has 0 nitrogen and oxygen atoms in total. The second kappa shape index (κ2) is 12.1. The van der Waals surface area contributed by atoms with Crippen molar-refractivity contribution >= 4 is 33.7 Å². The third kappa shape index (κ3) is 4.57. The van der Waals surface area contributed by atoms with Gasteiger partial charge in [-0.3, -0.25) is 0 Å². The Bertz CT molecular complexity index is 2040. The molecule has 0 radical (unpaired) electrons. The summed E-state index contributed by atoms with van der Waals surface area (Å²) >= 11 is -2.82. The zero-order valence-electron chi connectivity index (χ0n) is 26.2. The van der Waals surface area contributed by atoms with Crippen LogP contribution in [-0.2, 0) is 20.3 Å². The zero-order valence-corrected chi connectivity index (χ0v) is 30.2. The normalized spacial score (nSPS) is 18.2. The van der Waals surface area contributed by atoms with Crippen LogP contribution in [0.25, 0.3) is 56.0 Å². The summed E-state index contributed by atoms with van der Waals surface area (Å²) in [5, 5.41) is 5.34. The van der Waals surface area contributed by atoms with Crippen molar-refractivity contribution in [3.8, 4) is 22.3 Å². The molecular weight excluding hydrogens is 679 g/mol. The van der Waals surface area contributed by atoms with Gasteiger partial charge in [-0.2, -0.15) is 0 Å². The van der Waals surface area contributed by atoms with Crippen LogP contribution in [0.5, 0.6) is 0 Å². The van der Waals surface area contributed by atoms with Crippen LogP contribution in [-0.4, -0.2) is 0 Å². The fraction of sp³-hybridized carbons (Fsp3) is 0.163. The summed E-state index contributed by atoms with van der Waals surface area (Å²) in [4.78, 5) is 0. The number of hydrogen-bond donors (Lipinski definition) is 0. The van der Waals surface area contributed by atoms with Crippen molar-refractivity contribution in [2.75, 3.05) is 0 Å². The third-order valence-corrected chi connectivity index (χ3v) is 26.9. The molecule has 226 valence electrons. The predicted octanol–water partition coefficient (Wildman–Crippen LogP) is 6.35. The van der Waals surface area contributed by atoms with Gasteiger partial charge >= 0.3 is 267 Å². The molecular formula is C43H36Cl2Zr. The van der Waals surface area contributed by atoms with E-state index in [1.807, 2.05) is 0 Å². The number of rotatable bonds is 4. The molecule has 6 aromatic rings. The number of fused-ring (bicyclic) bond motifs is 4. The maximum absolute atomic E-state index is 2.82. The van der Waals surface area contributed by atoms with Crippen molar-refractivity contribution in [3.63, 3.8) is 0 Å². The molecule has 0 aromatic heterocycles. The molecule has 2 unspecified atom stereocenters. The molecule has 1 heterocycles. The van der Waals surface area contributed by atoms with Crippen molar-refractivity contribution in [1.82, 2.24) is 0 Å². The molecule has 0 amide bonds. The van der Waals surface area contributed by atoms with Gasteiger partial charge in [-0.1, -0.05) is 0 Å². The van der Waals surface area contributed by atoms with Crippen LogP contribution in [0.2, 0.25) is 8.26 Å². The van der Waals surface area contributed by atoms with E-state index in [9.17, 15) is 0 Å². The molecule has 0 spiro atoms. The zero-order chi connectivity index (χ0) is 29.4. The number of allylic oxidation sites excluding steroid dienone is 2. The summed E-state index contributed by atoms with van der Waals surface area (Å²) in [6, 6.07) is 45.7. The van der Waals surface area contributed by atoms with E-state index in [1.165, 1.54) is 69.6 Å². The van der Waals surface area contributed by atoms with Crippen molar-refractivity contribution in [2.45, 2.75) is 35.8 Å². The molecule has 2 aliphatic carbocycles. The minimum Gasteiger partial charge on any atom is -1.00 e. The Morgan fingerprint density at radius 2 is 0.848 bits per heavy atom. The second-order valence-corrected chi connectivity index (χ2v) is 24.8. The van der Waals surface area contributed by atoms with Gasteiger partial charge in [-0.05, 0) is 0 Å². The van der Waals surface area contributed by atoms with Crippen LogP contribution < -0.4 is 24.8 Å². The van der Waals surface area contributed by atoms with Gasteiger partial charge in [-0.15, -0.1) is 0 Å². The maximum Gasteiger partial charge on any atom is -1.00 e. The van der Waals surface area contributed by atoms with Gasteiger partial charge in [0.25, 0.3) is 0 Å². The van der Waals surface area contributed by atoms with Gasteiger partial charge < -0.3 is 24.8 Å². The van der Waals surface area contributed by atoms with E-state index in [2.05, 4.69) is 147 Å². The SMILES string of the molecule is CC1=Cc2c(-c3cccc4ccccc34)cccc2[CH]1[Zr+2]1([CH]2C(C)=Cc3c(-c4cccc5ccccc45)cccc32)[CH2]C[CH2]1.[Cl-].[Cl-]. The third-order valence-electron chi connectivity index (χ3n) is 11.2. The van der Waals surface area contributed by atoms with Crippen LogP contribution >= 0.6 is 0 Å². The van der Waals surface area contributed by atoms with Crippen LogP contribution in [0, 0.1) is 0 Å². The van der Waals surface area contributed by atoms with Gasteiger partial charge in [0.15, 0.2) is 0 Å². The molecule has 3 heteroatoms. The molecule has 46 heavy (non-hydrogen) atoms. The molecule has 2 atom stereocenters. The van der Waals surface area contributed by atoms with Gasteiger partial charge in [-0.25, -0.2) is 0 Å². The van der Waals surface area contributed by atoms with Crippen molar-refractivity contribution < 1.29 is 45.1 Å². The first kappa shape index (κ1) is 31.4. The smallest absolute Gasteiger partial charge is 1.00 e. The average Bonchev–Trinajstić information content (AvgIpc) is 3.56. The quantitative estimate of drug-likeness (QED) is 0.200. The standard InChI is InChI=1S/2C20H15.C3H6.2ClH.Zr/c2*1-14-12-16-8-5-11-19(20(16)13-14)18-10-4-7-15-6-2-3-9-17(15)18;1-3-2;;;/h2*2-13H,1H3;1-3H2;2*1H;/q;;;;;+2/p-2. The largest absolute Gasteiger partial charge is 1.00 e. The average molecular weight is 715 g/mol. The van der Waals surface area contributed by atoms with Gasteiger partial charge in [0.05, 0.1) is 0 Å². The fourth-order valence-electron chi connectivity index (χ4n) is 9.35. The Balaban J connectivity index is 0.00000169.